The van der Waals surface area contributed by atoms with Gasteiger partial charge in [0.2, 0.25) is 0 Å². The lowest BCUT2D eigenvalue weighted by molar-refractivity contribution is -0.140. The van der Waals surface area contributed by atoms with Crippen molar-refractivity contribution >= 4 is 17.4 Å². The molecular formula is C28H28N2O4. The summed E-state index contributed by atoms with van der Waals surface area (Å²) in [5.41, 5.74) is 3.24. The van der Waals surface area contributed by atoms with Crippen LogP contribution in [0.4, 0.5) is 0 Å². The van der Waals surface area contributed by atoms with Crippen molar-refractivity contribution in [2.45, 2.75) is 45.9 Å². The van der Waals surface area contributed by atoms with E-state index in [2.05, 4.69) is 11.9 Å². The molecule has 0 spiro atoms. The minimum atomic E-state index is -0.710. The lowest BCUT2D eigenvalue weighted by Crippen LogP contribution is -2.29. The van der Waals surface area contributed by atoms with E-state index in [-0.39, 0.29) is 24.0 Å². The third kappa shape index (κ3) is 4.71. The topological polar surface area (TPSA) is 79.7 Å². The number of hydrogen-bond donors (Lipinski definition) is 1. The maximum absolute atomic E-state index is 13.2. The molecule has 1 aliphatic heterocycles. The Morgan fingerprint density at radius 1 is 1.03 bits per heavy atom. The van der Waals surface area contributed by atoms with Gasteiger partial charge in [-0.25, -0.2) is 0 Å². The molecule has 2 aromatic carbocycles. The van der Waals surface area contributed by atoms with E-state index >= 15 is 0 Å². The Kier molecular flexibility index (Phi) is 6.77. The van der Waals surface area contributed by atoms with Crippen LogP contribution in [0.1, 0.15) is 49.1 Å². The van der Waals surface area contributed by atoms with Crippen LogP contribution in [-0.2, 0) is 22.6 Å². The molecule has 0 unspecified atom stereocenters. The lowest BCUT2D eigenvalue weighted by atomic mass is 9.94. The molecule has 174 valence electrons. The minimum absolute atomic E-state index is 0.0170. The molecule has 1 saturated heterocycles. The standard InChI is InChI=1S/C28H28N2O4/c1-4-19-7-9-21(10-8-19)25-24(26(31)22-11-13-23(14-12-22)34-18(2)3)27(32)28(33)30(25)17-20-6-5-15-29-16-20/h5-16,18,25,31H,4,17H2,1-3H3/b26-24+/t25-/m0/s1. The fraction of sp³-hybridized carbons (Fsp3) is 0.250. The van der Waals surface area contributed by atoms with Gasteiger partial charge in [0, 0.05) is 24.5 Å². The van der Waals surface area contributed by atoms with Gasteiger partial charge < -0.3 is 14.7 Å². The number of benzene rings is 2. The molecule has 1 N–H and O–H groups in total. The van der Waals surface area contributed by atoms with E-state index in [9.17, 15) is 14.7 Å². The van der Waals surface area contributed by atoms with Crippen molar-refractivity contribution < 1.29 is 19.4 Å². The third-order valence-electron chi connectivity index (χ3n) is 5.82. The summed E-state index contributed by atoms with van der Waals surface area (Å²) in [4.78, 5) is 31.9. The monoisotopic (exact) mass is 456 g/mol. The number of aromatic nitrogens is 1. The molecule has 1 atom stereocenters. The van der Waals surface area contributed by atoms with E-state index in [1.54, 1.807) is 42.7 Å². The van der Waals surface area contributed by atoms with Gasteiger partial charge in [-0.05, 0) is 67.3 Å². The van der Waals surface area contributed by atoms with Gasteiger partial charge in [-0.1, -0.05) is 37.3 Å². The van der Waals surface area contributed by atoms with Crippen molar-refractivity contribution in [1.82, 2.24) is 9.88 Å². The summed E-state index contributed by atoms with van der Waals surface area (Å²) in [6.07, 6.45) is 4.22. The largest absolute Gasteiger partial charge is 0.507 e. The molecule has 6 nitrogen and oxygen atoms in total. The predicted molar refractivity (Wildman–Crippen MR) is 130 cm³/mol. The SMILES string of the molecule is CCc1ccc([C@H]2/C(=C(\O)c3ccc(OC(C)C)cc3)C(=O)C(=O)N2Cc2cccnc2)cc1. The Labute approximate surface area is 199 Å². The van der Waals surface area contributed by atoms with Crippen molar-refractivity contribution in [2.24, 2.45) is 0 Å². The highest BCUT2D eigenvalue weighted by Gasteiger charge is 2.46. The quantitative estimate of drug-likeness (QED) is 0.306. The number of aliphatic hydroxyl groups is 1. The second-order valence-corrected chi connectivity index (χ2v) is 8.57. The number of carbonyl (C=O) groups is 2. The lowest BCUT2D eigenvalue weighted by Gasteiger charge is -2.25. The number of nitrogens with zero attached hydrogens (tertiary/aromatic N) is 2. The second-order valence-electron chi connectivity index (χ2n) is 8.57. The van der Waals surface area contributed by atoms with E-state index in [1.807, 2.05) is 44.2 Å². The molecule has 0 saturated carbocycles. The van der Waals surface area contributed by atoms with E-state index in [0.29, 0.717) is 11.3 Å². The highest BCUT2D eigenvalue weighted by molar-refractivity contribution is 6.46. The maximum atomic E-state index is 13.2. The van der Waals surface area contributed by atoms with Gasteiger partial charge in [-0.15, -0.1) is 0 Å². The highest BCUT2D eigenvalue weighted by Crippen LogP contribution is 2.40. The first kappa shape index (κ1) is 23.2. The number of aryl methyl sites for hydroxylation is 1. The van der Waals surface area contributed by atoms with Gasteiger partial charge >= 0.3 is 0 Å². The minimum Gasteiger partial charge on any atom is -0.507 e. The van der Waals surface area contributed by atoms with Crippen LogP contribution < -0.4 is 4.74 Å². The Hall–Kier alpha value is -3.93. The average molecular weight is 457 g/mol. The summed E-state index contributed by atoms with van der Waals surface area (Å²) in [6.45, 7) is 6.13. The molecular weight excluding hydrogens is 428 g/mol. The van der Waals surface area contributed by atoms with Gasteiger partial charge in [0.1, 0.15) is 11.5 Å². The van der Waals surface area contributed by atoms with Crippen molar-refractivity contribution in [3.8, 4) is 5.75 Å². The van der Waals surface area contributed by atoms with Gasteiger partial charge in [0.25, 0.3) is 11.7 Å². The number of hydrogen-bond acceptors (Lipinski definition) is 5. The van der Waals surface area contributed by atoms with Crippen LogP contribution in [0, 0.1) is 0 Å². The number of amides is 1. The van der Waals surface area contributed by atoms with Crippen LogP contribution in [0.2, 0.25) is 0 Å². The molecule has 6 heteroatoms. The number of ether oxygens (including phenoxy) is 1. The van der Waals surface area contributed by atoms with Crippen molar-refractivity contribution in [2.75, 3.05) is 0 Å². The Bertz CT molecular complexity index is 1200. The summed E-state index contributed by atoms with van der Waals surface area (Å²) in [6, 6.07) is 17.6. The zero-order chi connectivity index (χ0) is 24.2. The third-order valence-corrected chi connectivity index (χ3v) is 5.82. The predicted octanol–water partition coefficient (Wildman–Crippen LogP) is 5.05. The van der Waals surface area contributed by atoms with Crippen LogP contribution in [0.5, 0.6) is 5.75 Å². The van der Waals surface area contributed by atoms with E-state index in [4.69, 9.17) is 4.74 Å². The molecule has 1 fully saturated rings. The maximum Gasteiger partial charge on any atom is 0.295 e. The summed E-state index contributed by atoms with van der Waals surface area (Å²) in [7, 11) is 0. The first-order valence-electron chi connectivity index (χ1n) is 11.4. The fourth-order valence-corrected chi connectivity index (χ4v) is 4.13. The van der Waals surface area contributed by atoms with Gasteiger partial charge in [0.15, 0.2) is 0 Å². The molecule has 1 aliphatic rings. The summed E-state index contributed by atoms with van der Waals surface area (Å²) in [5.74, 6) is -0.883. The molecule has 0 aliphatic carbocycles. The van der Waals surface area contributed by atoms with Crippen LogP contribution in [0.15, 0.2) is 78.6 Å². The summed E-state index contributed by atoms with van der Waals surface area (Å²) < 4.78 is 5.68. The van der Waals surface area contributed by atoms with Gasteiger partial charge in [-0.2, -0.15) is 0 Å². The Balaban J connectivity index is 1.79. The second kappa shape index (κ2) is 9.91. The zero-order valence-corrected chi connectivity index (χ0v) is 19.6. The molecule has 1 amide bonds. The smallest absolute Gasteiger partial charge is 0.295 e. The molecule has 3 aromatic rings. The normalized spacial score (nSPS) is 17.4. The molecule has 0 bridgehead atoms. The molecule has 2 heterocycles. The number of aliphatic hydroxyl groups excluding tert-OH is 1. The van der Waals surface area contributed by atoms with Crippen molar-refractivity contribution in [1.29, 1.82) is 0 Å². The number of Topliss-reactive ketones (excluding diaryl/α,β-unsaturated/α-hetero) is 1. The summed E-state index contributed by atoms with van der Waals surface area (Å²) in [5, 5.41) is 11.2. The highest BCUT2D eigenvalue weighted by atomic mass is 16.5. The van der Waals surface area contributed by atoms with Gasteiger partial charge in [0.05, 0.1) is 17.7 Å². The van der Waals surface area contributed by atoms with Crippen LogP contribution in [0.25, 0.3) is 5.76 Å². The summed E-state index contributed by atoms with van der Waals surface area (Å²) >= 11 is 0. The van der Waals surface area contributed by atoms with Gasteiger partial charge in [-0.3, -0.25) is 14.6 Å². The molecule has 0 radical (unpaired) electrons. The van der Waals surface area contributed by atoms with Crippen molar-refractivity contribution in [3.05, 3.63) is 101 Å². The first-order valence-corrected chi connectivity index (χ1v) is 11.4. The Morgan fingerprint density at radius 3 is 2.32 bits per heavy atom. The van der Waals surface area contributed by atoms with E-state index in [1.165, 1.54) is 4.90 Å². The number of pyridine rings is 1. The first-order chi connectivity index (χ1) is 16.4. The number of rotatable bonds is 7. The average Bonchev–Trinajstić information content (AvgIpc) is 3.09. The van der Waals surface area contributed by atoms with Crippen LogP contribution in [-0.4, -0.2) is 32.8 Å². The number of ketones is 1. The fourth-order valence-electron chi connectivity index (χ4n) is 4.13. The van der Waals surface area contributed by atoms with Crippen LogP contribution >= 0.6 is 0 Å². The Morgan fingerprint density at radius 2 is 1.74 bits per heavy atom. The van der Waals surface area contributed by atoms with E-state index in [0.717, 1.165) is 23.1 Å². The van der Waals surface area contributed by atoms with E-state index < -0.39 is 17.7 Å². The number of likely N-dealkylation sites (tertiary alicyclic amines) is 1. The molecule has 1 aromatic heterocycles. The van der Waals surface area contributed by atoms with Crippen LogP contribution in [0.3, 0.4) is 0 Å². The number of carbonyl (C=O) groups excluding carboxylic acids is 2. The molecule has 34 heavy (non-hydrogen) atoms. The van der Waals surface area contributed by atoms with Crippen molar-refractivity contribution in [3.63, 3.8) is 0 Å². The zero-order valence-electron chi connectivity index (χ0n) is 19.6. The molecule has 4 rings (SSSR count).